The van der Waals surface area contributed by atoms with E-state index in [-0.39, 0.29) is 5.91 Å². The van der Waals surface area contributed by atoms with Crippen molar-refractivity contribution in [2.45, 2.75) is 31.7 Å². The number of rotatable bonds is 4. The maximum absolute atomic E-state index is 12.3. The molecule has 16 heavy (non-hydrogen) atoms. The van der Waals surface area contributed by atoms with Crippen molar-refractivity contribution >= 4 is 28.8 Å². The van der Waals surface area contributed by atoms with Gasteiger partial charge >= 0.3 is 0 Å². The molecule has 1 aliphatic rings. The molecule has 88 valence electrons. The van der Waals surface area contributed by atoms with Crippen molar-refractivity contribution in [3.8, 4) is 0 Å². The van der Waals surface area contributed by atoms with Gasteiger partial charge in [0, 0.05) is 23.8 Å². The van der Waals surface area contributed by atoms with Crippen LogP contribution in [0.25, 0.3) is 0 Å². The molecule has 2 rings (SSSR count). The van der Waals surface area contributed by atoms with Gasteiger partial charge in [-0.2, -0.15) is 11.3 Å². The number of hydrogen-bond donors (Lipinski definition) is 0. The molecule has 4 heteroatoms. The predicted octanol–water partition coefficient (Wildman–Crippen LogP) is 3.37. The van der Waals surface area contributed by atoms with E-state index in [9.17, 15) is 4.79 Å². The van der Waals surface area contributed by atoms with Crippen LogP contribution in [0.15, 0.2) is 16.8 Å². The van der Waals surface area contributed by atoms with Crippen LogP contribution >= 0.6 is 22.9 Å². The molecule has 1 aromatic rings. The van der Waals surface area contributed by atoms with Crippen molar-refractivity contribution in [1.82, 2.24) is 4.90 Å². The van der Waals surface area contributed by atoms with E-state index < -0.39 is 0 Å². The number of nitrogens with zero attached hydrogens (tertiary/aromatic N) is 1. The first kappa shape index (κ1) is 11.9. The van der Waals surface area contributed by atoms with E-state index in [1.54, 1.807) is 11.3 Å². The highest BCUT2D eigenvalue weighted by Crippen LogP contribution is 2.25. The molecule has 1 heterocycles. The average Bonchev–Trinajstić information content (AvgIpc) is 2.96. The van der Waals surface area contributed by atoms with E-state index in [2.05, 4.69) is 0 Å². The number of alkyl halides is 1. The molecule has 0 unspecified atom stereocenters. The zero-order valence-electron chi connectivity index (χ0n) is 9.19. The molecule has 1 aliphatic carbocycles. The summed E-state index contributed by atoms with van der Waals surface area (Å²) < 4.78 is 0. The smallest absolute Gasteiger partial charge is 0.254 e. The molecular weight excluding hydrogens is 242 g/mol. The minimum Gasteiger partial charge on any atom is -0.334 e. The SMILES string of the molecule is O=C(c1ccsc1)N(CCCl)C1CCCC1. The summed E-state index contributed by atoms with van der Waals surface area (Å²) in [5, 5.41) is 3.86. The summed E-state index contributed by atoms with van der Waals surface area (Å²) in [6.45, 7) is 0.668. The highest BCUT2D eigenvalue weighted by molar-refractivity contribution is 7.08. The normalized spacial score (nSPS) is 16.6. The third kappa shape index (κ3) is 2.58. The number of carbonyl (C=O) groups excluding carboxylic acids is 1. The Labute approximate surface area is 105 Å². The minimum absolute atomic E-state index is 0.147. The molecule has 2 nitrogen and oxygen atoms in total. The number of halogens is 1. The fourth-order valence-corrected chi connectivity index (χ4v) is 3.12. The second-order valence-corrected chi connectivity index (χ2v) is 5.30. The Bertz CT molecular complexity index is 333. The fraction of sp³-hybridized carbons (Fsp3) is 0.583. The maximum Gasteiger partial charge on any atom is 0.254 e. The predicted molar refractivity (Wildman–Crippen MR) is 68.3 cm³/mol. The Morgan fingerprint density at radius 1 is 1.50 bits per heavy atom. The van der Waals surface area contributed by atoms with Gasteiger partial charge in [0.25, 0.3) is 5.91 Å². The third-order valence-electron chi connectivity index (χ3n) is 3.12. The Morgan fingerprint density at radius 2 is 2.25 bits per heavy atom. The van der Waals surface area contributed by atoms with Crippen molar-refractivity contribution < 1.29 is 4.79 Å². The summed E-state index contributed by atoms with van der Waals surface area (Å²) in [4.78, 5) is 14.2. The molecule has 0 spiro atoms. The first-order valence-corrected chi connectivity index (χ1v) is 7.20. The maximum atomic E-state index is 12.3. The van der Waals surface area contributed by atoms with Crippen LogP contribution in [0.2, 0.25) is 0 Å². The van der Waals surface area contributed by atoms with Crippen molar-refractivity contribution in [3.05, 3.63) is 22.4 Å². The second kappa shape index (κ2) is 5.69. The monoisotopic (exact) mass is 257 g/mol. The number of hydrogen-bond acceptors (Lipinski definition) is 2. The molecule has 1 fully saturated rings. The second-order valence-electron chi connectivity index (χ2n) is 4.14. The lowest BCUT2D eigenvalue weighted by molar-refractivity contribution is 0.0695. The summed E-state index contributed by atoms with van der Waals surface area (Å²) >= 11 is 7.35. The summed E-state index contributed by atoms with van der Waals surface area (Å²) in [5.74, 6) is 0.667. The quantitative estimate of drug-likeness (QED) is 0.758. The van der Waals surface area contributed by atoms with Crippen molar-refractivity contribution in [3.63, 3.8) is 0 Å². The van der Waals surface area contributed by atoms with Gasteiger partial charge in [0.2, 0.25) is 0 Å². The first-order chi connectivity index (χ1) is 7.83. The highest BCUT2D eigenvalue weighted by Gasteiger charge is 2.26. The van der Waals surface area contributed by atoms with Crippen molar-refractivity contribution in [2.75, 3.05) is 12.4 Å². The molecular formula is C12H16ClNOS. The summed E-state index contributed by atoms with van der Waals surface area (Å²) in [7, 11) is 0. The topological polar surface area (TPSA) is 20.3 Å². The van der Waals surface area contributed by atoms with Gasteiger partial charge in [0.1, 0.15) is 0 Å². The standard InChI is InChI=1S/C12H16ClNOS/c13-6-7-14(11-3-1-2-4-11)12(15)10-5-8-16-9-10/h5,8-9,11H,1-4,6-7H2. The fourth-order valence-electron chi connectivity index (χ4n) is 2.31. The van der Waals surface area contributed by atoms with Gasteiger partial charge in [-0.05, 0) is 24.3 Å². The Balaban J connectivity index is 2.09. The largest absolute Gasteiger partial charge is 0.334 e. The number of amides is 1. The van der Waals surface area contributed by atoms with E-state index in [1.807, 2.05) is 21.7 Å². The zero-order valence-corrected chi connectivity index (χ0v) is 10.8. The zero-order chi connectivity index (χ0) is 11.4. The van der Waals surface area contributed by atoms with E-state index in [1.165, 1.54) is 12.8 Å². The van der Waals surface area contributed by atoms with Gasteiger partial charge in [-0.15, -0.1) is 11.6 Å². The molecule has 1 amide bonds. The molecule has 0 saturated heterocycles. The Hall–Kier alpha value is -0.540. The Morgan fingerprint density at radius 3 is 2.81 bits per heavy atom. The summed E-state index contributed by atoms with van der Waals surface area (Å²) in [6, 6.07) is 2.30. The van der Waals surface area contributed by atoms with Crippen LogP contribution in [0.4, 0.5) is 0 Å². The molecule has 0 bridgehead atoms. The molecule has 0 N–H and O–H groups in total. The highest BCUT2D eigenvalue weighted by atomic mass is 35.5. The van der Waals surface area contributed by atoms with E-state index in [0.717, 1.165) is 18.4 Å². The van der Waals surface area contributed by atoms with Crippen molar-refractivity contribution in [2.24, 2.45) is 0 Å². The summed E-state index contributed by atoms with van der Waals surface area (Å²) in [6.07, 6.45) is 4.74. The van der Waals surface area contributed by atoms with Crippen LogP contribution in [0, 0.1) is 0 Å². The lowest BCUT2D eigenvalue weighted by atomic mass is 10.2. The van der Waals surface area contributed by atoms with Gasteiger partial charge in [-0.3, -0.25) is 4.79 Å². The van der Waals surface area contributed by atoms with Crippen LogP contribution in [-0.2, 0) is 0 Å². The molecule has 0 aromatic carbocycles. The lowest BCUT2D eigenvalue weighted by Gasteiger charge is -2.28. The molecule has 1 aromatic heterocycles. The van der Waals surface area contributed by atoms with Gasteiger partial charge < -0.3 is 4.90 Å². The summed E-state index contributed by atoms with van der Waals surface area (Å²) in [5.41, 5.74) is 0.807. The van der Waals surface area contributed by atoms with Crippen LogP contribution in [-0.4, -0.2) is 29.3 Å². The molecule has 0 radical (unpaired) electrons. The first-order valence-electron chi connectivity index (χ1n) is 5.72. The molecule has 0 atom stereocenters. The van der Waals surface area contributed by atoms with Gasteiger partial charge in [0.15, 0.2) is 0 Å². The van der Waals surface area contributed by atoms with Gasteiger partial charge in [-0.1, -0.05) is 12.8 Å². The van der Waals surface area contributed by atoms with Crippen molar-refractivity contribution in [1.29, 1.82) is 0 Å². The van der Waals surface area contributed by atoms with Gasteiger partial charge in [0.05, 0.1) is 5.56 Å². The van der Waals surface area contributed by atoms with Crippen LogP contribution < -0.4 is 0 Å². The Kier molecular flexibility index (Phi) is 4.24. The van der Waals surface area contributed by atoms with Crippen LogP contribution in [0.3, 0.4) is 0 Å². The molecule has 1 saturated carbocycles. The number of thiophene rings is 1. The van der Waals surface area contributed by atoms with Gasteiger partial charge in [-0.25, -0.2) is 0 Å². The number of carbonyl (C=O) groups is 1. The van der Waals surface area contributed by atoms with E-state index in [0.29, 0.717) is 18.5 Å². The van der Waals surface area contributed by atoms with Crippen LogP contribution in [0.1, 0.15) is 36.0 Å². The lowest BCUT2D eigenvalue weighted by Crippen LogP contribution is -2.40. The minimum atomic E-state index is 0.147. The van der Waals surface area contributed by atoms with E-state index >= 15 is 0 Å². The molecule has 0 aliphatic heterocycles. The third-order valence-corrected chi connectivity index (χ3v) is 3.97. The van der Waals surface area contributed by atoms with Crippen LogP contribution in [0.5, 0.6) is 0 Å². The van der Waals surface area contributed by atoms with E-state index in [4.69, 9.17) is 11.6 Å². The average molecular weight is 258 g/mol.